The van der Waals surface area contributed by atoms with E-state index in [1.54, 1.807) is 12.1 Å². The Balaban J connectivity index is 0.000000426. The minimum Gasteiger partial charge on any atom is -0.439 e. The maximum Gasteiger partial charge on any atom is 0.425 e. The van der Waals surface area contributed by atoms with E-state index in [4.69, 9.17) is 40.6 Å². The fourth-order valence-corrected chi connectivity index (χ4v) is 3.44. The Hall–Kier alpha value is -3.74. The van der Waals surface area contributed by atoms with Gasteiger partial charge >= 0.3 is 16.8 Å². The number of rotatable bonds is 7. The molecule has 0 amide bonds. The van der Waals surface area contributed by atoms with E-state index in [1.807, 2.05) is 30.3 Å². The van der Waals surface area contributed by atoms with Crippen LogP contribution in [0.2, 0.25) is 5.02 Å². The molecule has 0 aliphatic carbocycles. The third kappa shape index (κ3) is 12.0. The molecule has 14 heteroatoms. The molecule has 0 radical (unpaired) electrons. The van der Waals surface area contributed by atoms with Crippen molar-refractivity contribution in [2.24, 2.45) is 0 Å². The molecule has 4 rings (SSSR count). The number of aryl methyl sites for hydroxylation is 1. The van der Waals surface area contributed by atoms with E-state index < -0.39 is 22.3 Å². The van der Waals surface area contributed by atoms with Gasteiger partial charge in [-0.2, -0.15) is 13.2 Å². The average Bonchev–Trinajstić information content (AvgIpc) is 2.91. The van der Waals surface area contributed by atoms with E-state index in [9.17, 15) is 13.2 Å². The van der Waals surface area contributed by atoms with E-state index in [2.05, 4.69) is 39.3 Å². The summed E-state index contributed by atoms with van der Waals surface area (Å²) in [6.45, 7) is 2.67. The minimum atomic E-state index is -4.43. The van der Waals surface area contributed by atoms with Crippen LogP contribution in [-0.2, 0) is 29.1 Å². The van der Waals surface area contributed by atoms with E-state index in [-0.39, 0.29) is 11.8 Å². The number of nitrogens with one attached hydrogen (secondary N) is 1. The lowest BCUT2D eigenvalue weighted by atomic mass is 10.1. The lowest BCUT2D eigenvalue weighted by Gasteiger charge is -2.10. The van der Waals surface area contributed by atoms with Crippen molar-refractivity contribution in [3.63, 3.8) is 0 Å². The number of pyridine rings is 1. The second-order valence-electron chi connectivity index (χ2n) is 7.78. The number of anilines is 1. The maximum atomic E-state index is 12.6. The van der Waals surface area contributed by atoms with Crippen LogP contribution in [0, 0.1) is 6.92 Å². The van der Waals surface area contributed by atoms with Crippen LogP contribution in [0.3, 0.4) is 0 Å². The summed E-state index contributed by atoms with van der Waals surface area (Å²) >= 11 is 11.9. The van der Waals surface area contributed by atoms with Crippen LogP contribution >= 0.6 is 23.2 Å². The zero-order chi connectivity index (χ0) is 29.5. The smallest absolute Gasteiger partial charge is 0.425 e. The Labute approximate surface area is 240 Å². The second-order valence-corrected chi connectivity index (χ2v) is 8.83. The van der Waals surface area contributed by atoms with Crippen molar-refractivity contribution in [2.45, 2.75) is 25.4 Å². The third-order valence-corrected chi connectivity index (χ3v) is 5.49. The van der Waals surface area contributed by atoms with Gasteiger partial charge in [-0.05, 0) is 37.1 Å². The molecule has 0 atom stereocenters. The summed E-state index contributed by atoms with van der Waals surface area (Å²) in [6.07, 6.45) is -1.60. The zero-order valence-electron chi connectivity index (χ0n) is 20.9. The molecule has 8 nitrogen and oxygen atoms in total. The van der Waals surface area contributed by atoms with Gasteiger partial charge in [0.25, 0.3) is 0 Å². The van der Waals surface area contributed by atoms with E-state index >= 15 is 0 Å². The molecule has 40 heavy (non-hydrogen) atoms. The molecule has 2 aromatic carbocycles. The van der Waals surface area contributed by atoms with Gasteiger partial charge < -0.3 is 10.1 Å². The van der Waals surface area contributed by atoms with Gasteiger partial charge in [0.1, 0.15) is 22.9 Å². The van der Waals surface area contributed by atoms with Crippen molar-refractivity contribution in [3.05, 3.63) is 107 Å². The number of hydrogen-bond donors (Lipinski definition) is 1. The van der Waals surface area contributed by atoms with Crippen molar-refractivity contribution in [3.8, 4) is 11.6 Å². The standard InChI is InChI=1S/C19H15Cl2F3N4O.C7H8.O3S/c20-9-15-17(21)18(28-11-27-15)25-8-7-12-1-4-14(5-2-12)29-16-6-3-13(10-26-16)19(22,23)24;1-7-5-3-2-4-6-7;1-4(2)3/h1-6,10-11H,7-9H2,(H,25,27,28);2-6H,1H3;. The van der Waals surface area contributed by atoms with Crippen LogP contribution in [0.1, 0.15) is 22.4 Å². The number of aromatic nitrogens is 3. The molecule has 0 aliphatic rings. The highest BCUT2D eigenvalue weighted by atomic mass is 35.5. The summed E-state index contributed by atoms with van der Waals surface area (Å²) in [5.74, 6) is 1.27. The molecule has 0 saturated carbocycles. The van der Waals surface area contributed by atoms with Gasteiger partial charge in [0.05, 0.1) is 17.1 Å². The quantitative estimate of drug-likeness (QED) is 0.228. The first-order valence-corrected chi connectivity index (χ1v) is 13.3. The lowest BCUT2D eigenvalue weighted by molar-refractivity contribution is -0.137. The molecule has 0 saturated heterocycles. The number of ether oxygens (including phenoxy) is 1. The summed E-state index contributed by atoms with van der Waals surface area (Å²) in [5, 5.41) is 3.53. The Morgan fingerprint density at radius 1 is 0.925 bits per heavy atom. The maximum absolute atomic E-state index is 12.6. The fourth-order valence-electron chi connectivity index (χ4n) is 2.94. The molecule has 0 spiro atoms. The van der Waals surface area contributed by atoms with E-state index in [1.165, 1.54) is 18.0 Å². The highest BCUT2D eigenvalue weighted by Gasteiger charge is 2.30. The number of nitrogens with zero attached hydrogens (tertiary/aromatic N) is 3. The molecule has 212 valence electrons. The summed E-state index contributed by atoms with van der Waals surface area (Å²) < 4.78 is 68.5. The van der Waals surface area contributed by atoms with Gasteiger partial charge in [-0.15, -0.1) is 24.2 Å². The predicted molar refractivity (Wildman–Crippen MR) is 145 cm³/mol. The molecular weight excluding hydrogens is 592 g/mol. The first-order valence-electron chi connectivity index (χ1n) is 11.4. The first kappa shape index (κ1) is 32.5. The van der Waals surface area contributed by atoms with Crippen molar-refractivity contribution >= 4 is 39.6 Å². The third-order valence-electron chi connectivity index (χ3n) is 4.84. The van der Waals surface area contributed by atoms with Crippen molar-refractivity contribution in [1.82, 2.24) is 15.0 Å². The molecule has 4 aromatic rings. The molecule has 0 bridgehead atoms. The van der Waals surface area contributed by atoms with Crippen LogP contribution < -0.4 is 10.1 Å². The summed E-state index contributed by atoms with van der Waals surface area (Å²) in [5.41, 5.74) is 2.08. The normalized spacial score (nSPS) is 10.3. The largest absolute Gasteiger partial charge is 0.439 e. The van der Waals surface area contributed by atoms with Gasteiger partial charge in [-0.25, -0.2) is 15.0 Å². The number of alkyl halides is 4. The highest BCUT2D eigenvalue weighted by Crippen LogP contribution is 2.30. The van der Waals surface area contributed by atoms with Gasteiger partial charge in [0, 0.05) is 18.8 Å². The average molecular weight is 615 g/mol. The topological polar surface area (TPSA) is 111 Å². The highest BCUT2D eigenvalue weighted by molar-refractivity contribution is 7.59. The van der Waals surface area contributed by atoms with Gasteiger partial charge in [-0.3, -0.25) is 0 Å². The van der Waals surface area contributed by atoms with Crippen LogP contribution in [0.5, 0.6) is 11.6 Å². The van der Waals surface area contributed by atoms with E-state index in [0.717, 1.165) is 17.8 Å². The molecule has 2 heterocycles. The van der Waals surface area contributed by atoms with Crippen LogP contribution in [0.4, 0.5) is 19.0 Å². The Bertz CT molecular complexity index is 1440. The van der Waals surface area contributed by atoms with E-state index in [0.29, 0.717) is 35.2 Å². The zero-order valence-corrected chi connectivity index (χ0v) is 23.2. The Morgan fingerprint density at radius 3 is 2.08 bits per heavy atom. The predicted octanol–water partition coefficient (Wildman–Crippen LogP) is 6.72. The second kappa shape index (κ2) is 16.4. The molecule has 2 aromatic heterocycles. The van der Waals surface area contributed by atoms with Crippen molar-refractivity contribution in [1.29, 1.82) is 0 Å². The van der Waals surface area contributed by atoms with Gasteiger partial charge in [0.15, 0.2) is 0 Å². The molecule has 0 aliphatic heterocycles. The van der Waals surface area contributed by atoms with Gasteiger partial charge in [0.2, 0.25) is 5.88 Å². The summed E-state index contributed by atoms with van der Waals surface area (Å²) in [7, 11) is -3.11. The Kier molecular flexibility index (Phi) is 13.3. The van der Waals surface area contributed by atoms with Crippen LogP contribution in [0.15, 0.2) is 79.3 Å². The summed E-state index contributed by atoms with van der Waals surface area (Å²) in [6, 6.07) is 19.5. The van der Waals surface area contributed by atoms with Crippen molar-refractivity contribution < 1.29 is 30.5 Å². The number of halogens is 5. The fraction of sp³-hybridized carbons (Fsp3) is 0.192. The SMILES string of the molecule is Cc1ccccc1.FC(F)(F)c1ccc(Oc2ccc(CCNc3ncnc(CCl)c3Cl)cc2)nc1.O=S(=O)=O. The molecule has 1 N–H and O–H groups in total. The summed E-state index contributed by atoms with van der Waals surface area (Å²) in [4.78, 5) is 11.8. The van der Waals surface area contributed by atoms with Crippen LogP contribution in [-0.4, -0.2) is 34.1 Å². The molecule has 0 fully saturated rings. The first-order chi connectivity index (χ1) is 19.0. The van der Waals surface area contributed by atoms with Crippen molar-refractivity contribution in [2.75, 3.05) is 11.9 Å². The monoisotopic (exact) mass is 614 g/mol. The molecular formula is C26H23Cl2F3N4O4S. The van der Waals surface area contributed by atoms with Gasteiger partial charge in [-0.1, -0.05) is 59.6 Å². The number of benzene rings is 2. The molecule has 0 unspecified atom stereocenters. The minimum absolute atomic E-state index is 0.0842. The van der Waals surface area contributed by atoms with Crippen LogP contribution in [0.25, 0.3) is 0 Å². The Morgan fingerprint density at radius 2 is 1.57 bits per heavy atom. The lowest BCUT2D eigenvalue weighted by Crippen LogP contribution is -2.08. The number of hydrogen-bond acceptors (Lipinski definition) is 8.